The van der Waals surface area contributed by atoms with Crippen LogP contribution in [0.5, 0.6) is 0 Å². The summed E-state index contributed by atoms with van der Waals surface area (Å²) in [5.74, 6) is -0.779. The van der Waals surface area contributed by atoms with Gasteiger partial charge in [-0.05, 0) is 43.3 Å². The molecule has 0 radical (unpaired) electrons. The van der Waals surface area contributed by atoms with Crippen molar-refractivity contribution in [3.05, 3.63) is 93.8 Å². The summed E-state index contributed by atoms with van der Waals surface area (Å²) >= 11 is 0. The van der Waals surface area contributed by atoms with E-state index in [9.17, 15) is 19.7 Å². The van der Waals surface area contributed by atoms with Crippen LogP contribution in [0.1, 0.15) is 26.3 Å². The van der Waals surface area contributed by atoms with Crippen LogP contribution in [0.4, 0.5) is 17.1 Å². The molecule has 2 amide bonds. The maximum atomic E-state index is 12.5. The van der Waals surface area contributed by atoms with Gasteiger partial charge in [0.05, 0.1) is 4.92 Å². The van der Waals surface area contributed by atoms with Crippen LogP contribution >= 0.6 is 0 Å². The van der Waals surface area contributed by atoms with Gasteiger partial charge in [0.25, 0.3) is 17.5 Å². The Morgan fingerprint density at radius 2 is 1.54 bits per heavy atom. The number of nitrogens with zero attached hydrogens (tertiary/aromatic N) is 2. The fourth-order valence-corrected chi connectivity index (χ4v) is 2.65. The normalized spacial score (nSPS) is 10.2. The summed E-state index contributed by atoms with van der Waals surface area (Å²) < 4.78 is 0. The average Bonchev–Trinajstić information content (AvgIpc) is 2.68. The van der Waals surface area contributed by atoms with Crippen molar-refractivity contribution in [1.82, 2.24) is 4.98 Å². The van der Waals surface area contributed by atoms with Gasteiger partial charge in [-0.3, -0.25) is 24.7 Å². The van der Waals surface area contributed by atoms with E-state index >= 15 is 0 Å². The van der Waals surface area contributed by atoms with Gasteiger partial charge >= 0.3 is 0 Å². The number of hydrogen-bond donors (Lipinski definition) is 2. The number of anilines is 2. The second-order valence-corrected chi connectivity index (χ2v) is 5.93. The molecule has 2 N–H and O–H groups in total. The molecule has 8 nitrogen and oxygen atoms in total. The monoisotopic (exact) mass is 376 g/mol. The Morgan fingerprint density at radius 3 is 2.18 bits per heavy atom. The lowest BCUT2D eigenvalue weighted by Crippen LogP contribution is -2.15. The van der Waals surface area contributed by atoms with Gasteiger partial charge in [-0.15, -0.1) is 0 Å². The smallest absolute Gasteiger partial charge is 0.273 e. The van der Waals surface area contributed by atoms with Crippen LogP contribution in [0.15, 0.2) is 67.0 Å². The SMILES string of the molecule is Cc1c(C(=O)Nc2cccc(NC(=O)c3ccncc3)c2)cccc1[N+](=O)[O-]. The molecule has 0 saturated heterocycles. The van der Waals surface area contributed by atoms with E-state index < -0.39 is 10.8 Å². The van der Waals surface area contributed by atoms with E-state index in [4.69, 9.17) is 0 Å². The second kappa shape index (κ2) is 8.09. The second-order valence-electron chi connectivity index (χ2n) is 5.93. The Balaban J connectivity index is 1.76. The molecule has 3 aromatic rings. The van der Waals surface area contributed by atoms with Crippen molar-refractivity contribution >= 4 is 28.9 Å². The topological polar surface area (TPSA) is 114 Å². The highest BCUT2D eigenvalue weighted by atomic mass is 16.6. The summed E-state index contributed by atoms with van der Waals surface area (Å²) in [6.45, 7) is 1.53. The van der Waals surface area contributed by atoms with E-state index in [0.717, 1.165) is 0 Å². The van der Waals surface area contributed by atoms with Crippen molar-refractivity contribution in [2.75, 3.05) is 10.6 Å². The molecule has 3 rings (SSSR count). The van der Waals surface area contributed by atoms with E-state index in [-0.39, 0.29) is 22.7 Å². The van der Waals surface area contributed by atoms with Crippen LogP contribution < -0.4 is 10.6 Å². The molecule has 0 atom stereocenters. The van der Waals surface area contributed by atoms with Crippen LogP contribution in [0, 0.1) is 17.0 Å². The molecule has 0 bridgehead atoms. The fraction of sp³-hybridized carbons (Fsp3) is 0.0500. The first-order valence-corrected chi connectivity index (χ1v) is 8.32. The zero-order chi connectivity index (χ0) is 20.1. The van der Waals surface area contributed by atoms with E-state index in [1.165, 1.54) is 37.5 Å². The highest BCUT2D eigenvalue weighted by Crippen LogP contribution is 2.23. The van der Waals surface area contributed by atoms with Gasteiger partial charge in [0.15, 0.2) is 0 Å². The third-order valence-electron chi connectivity index (χ3n) is 4.07. The predicted octanol–water partition coefficient (Wildman–Crippen LogP) is 3.80. The summed E-state index contributed by atoms with van der Waals surface area (Å²) in [4.78, 5) is 39.1. The van der Waals surface area contributed by atoms with Crippen molar-refractivity contribution in [1.29, 1.82) is 0 Å². The van der Waals surface area contributed by atoms with Gasteiger partial charge in [-0.1, -0.05) is 12.1 Å². The number of benzene rings is 2. The molecule has 8 heteroatoms. The van der Waals surface area contributed by atoms with E-state index in [1.54, 1.807) is 36.4 Å². The van der Waals surface area contributed by atoms with E-state index in [0.29, 0.717) is 16.9 Å². The van der Waals surface area contributed by atoms with Crippen LogP contribution in [0.25, 0.3) is 0 Å². The lowest BCUT2D eigenvalue weighted by atomic mass is 10.1. The summed E-state index contributed by atoms with van der Waals surface area (Å²) in [6, 6.07) is 14.1. The molecule has 2 aromatic carbocycles. The van der Waals surface area contributed by atoms with Crippen molar-refractivity contribution in [3.63, 3.8) is 0 Å². The molecule has 0 aliphatic carbocycles. The van der Waals surface area contributed by atoms with Crippen molar-refractivity contribution in [3.8, 4) is 0 Å². The molecule has 0 aliphatic heterocycles. The third kappa shape index (κ3) is 4.18. The highest BCUT2D eigenvalue weighted by molar-refractivity contribution is 6.07. The number of carbonyl (C=O) groups excluding carboxylic acids is 2. The number of nitro groups is 1. The molecule has 0 fully saturated rings. The fourth-order valence-electron chi connectivity index (χ4n) is 2.65. The summed E-state index contributed by atoms with van der Waals surface area (Å²) in [6.07, 6.45) is 3.04. The lowest BCUT2D eigenvalue weighted by Gasteiger charge is -2.10. The van der Waals surface area contributed by atoms with Gasteiger partial charge in [-0.25, -0.2) is 0 Å². The molecular formula is C20H16N4O4. The summed E-state index contributed by atoms with van der Waals surface area (Å²) in [5.41, 5.74) is 1.77. The van der Waals surface area contributed by atoms with Crippen molar-refractivity contribution in [2.45, 2.75) is 6.92 Å². The highest BCUT2D eigenvalue weighted by Gasteiger charge is 2.18. The van der Waals surface area contributed by atoms with Gasteiger partial charge in [0.1, 0.15) is 0 Å². The number of pyridine rings is 1. The molecule has 1 aromatic heterocycles. The van der Waals surface area contributed by atoms with Crippen LogP contribution in [0.3, 0.4) is 0 Å². The standard InChI is InChI=1S/C20H16N4O4/c1-13-17(6-3-7-18(13)24(27)28)20(26)23-16-5-2-4-15(12-16)22-19(25)14-8-10-21-11-9-14/h2-12H,1H3,(H,22,25)(H,23,26). The van der Waals surface area contributed by atoms with Crippen LogP contribution in [0.2, 0.25) is 0 Å². The number of nitro benzene ring substituents is 1. The predicted molar refractivity (Wildman–Crippen MR) is 104 cm³/mol. The van der Waals surface area contributed by atoms with Crippen LogP contribution in [-0.2, 0) is 0 Å². The summed E-state index contributed by atoms with van der Waals surface area (Å²) in [7, 11) is 0. The maximum Gasteiger partial charge on any atom is 0.273 e. The van der Waals surface area contributed by atoms with Gasteiger partial charge in [-0.2, -0.15) is 0 Å². The molecule has 0 spiro atoms. The number of amides is 2. The maximum absolute atomic E-state index is 12.5. The molecule has 28 heavy (non-hydrogen) atoms. The lowest BCUT2D eigenvalue weighted by molar-refractivity contribution is -0.385. The zero-order valence-electron chi connectivity index (χ0n) is 14.9. The molecule has 1 heterocycles. The number of aromatic nitrogens is 1. The molecule has 140 valence electrons. The largest absolute Gasteiger partial charge is 0.322 e. The molecular weight excluding hydrogens is 360 g/mol. The minimum absolute atomic E-state index is 0.119. The van der Waals surface area contributed by atoms with Crippen LogP contribution in [-0.4, -0.2) is 21.7 Å². The first kappa shape index (κ1) is 18.7. The Kier molecular flexibility index (Phi) is 5.40. The first-order valence-electron chi connectivity index (χ1n) is 8.32. The van der Waals surface area contributed by atoms with Gasteiger partial charge in [0.2, 0.25) is 0 Å². The van der Waals surface area contributed by atoms with Crippen molar-refractivity contribution in [2.24, 2.45) is 0 Å². The number of nitrogens with one attached hydrogen (secondary N) is 2. The van der Waals surface area contributed by atoms with E-state index in [1.807, 2.05) is 0 Å². The minimum atomic E-state index is -0.526. The average molecular weight is 376 g/mol. The summed E-state index contributed by atoms with van der Waals surface area (Å²) in [5, 5.41) is 16.5. The van der Waals surface area contributed by atoms with Gasteiger partial charge < -0.3 is 10.6 Å². The number of hydrogen-bond acceptors (Lipinski definition) is 5. The molecule has 0 saturated carbocycles. The third-order valence-corrected chi connectivity index (χ3v) is 4.07. The minimum Gasteiger partial charge on any atom is -0.322 e. The Bertz CT molecular complexity index is 1050. The Labute approximate surface area is 160 Å². The molecule has 0 aliphatic rings. The van der Waals surface area contributed by atoms with Gasteiger partial charge in [0, 0.05) is 46.5 Å². The molecule has 0 unspecified atom stereocenters. The quantitative estimate of drug-likeness (QED) is 0.519. The number of carbonyl (C=O) groups is 2. The zero-order valence-corrected chi connectivity index (χ0v) is 14.9. The first-order chi connectivity index (χ1) is 13.5. The van der Waals surface area contributed by atoms with E-state index in [2.05, 4.69) is 15.6 Å². The number of rotatable bonds is 5. The Morgan fingerprint density at radius 1 is 0.929 bits per heavy atom. The van der Waals surface area contributed by atoms with Crippen molar-refractivity contribution < 1.29 is 14.5 Å². The Hall–Kier alpha value is -4.07.